The number of hydrogen-bond acceptors (Lipinski definition) is 7. The fraction of sp³-hybridized carbons (Fsp3) is 0.231. The molecule has 0 saturated heterocycles. The average molecular weight is 516 g/mol. The summed E-state index contributed by atoms with van der Waals surface area (Å²) < 4.78 is 28.1. The Bertz CT molecular complexity index is 1660. The van der Waals surface area contributed by atoms with Crippen molar-refractivity contribution < 1.29 is 13.2 Å². The summed E-state index contributed by atoms with van der Waals surface area (Å²) in [6.45, 7) is -0.00348. The number of nitrogens with one attached hydrogen (secondary N) is 1. The van der Waals surface area contributed by atoms with Gasteiger partial charge in [0.05, 0.1) is 27.3 Å². The highest BCUT2D eigenvalue weighted by molar-refractivity contribution is 7.89. The Labute approximate surface area is 212 Å². The zero-order valence-corrected chi connectivity index (χ0v) is 20.8. The molecule has 1 aliphatic rings. The van der Waals surface area contributed by atoms with Crippen molar-refractivity contribution in [3.05, 3.63) is 65.2 Å². The number of amides is 1. The van der Waals surface area contributed by atoms with Crippen LogP contribution in [0.25, 0.3) is 21.0 Å². The van der Waals surface area contributed by atoms with Gasteiger partial charge in [0.15, 0.2) is 5.13 Å². The Hall–Kier alpha value is -3.83. The fourth-order valence-electron chi connectivity index (χ4n) is 4.56. The molecular formula is C26H21N5O3S2. The van der Waals surface area contributed by atoms with Crippen molar-refractivity contribution in [2.24, 2.45) is 0 Å². The summed E-state index contributed by atoms with van der Waals surface area (Å²) in [5, 5.41) is 23.4. The number of rotatable bonds is 8. The molecule has 0 fully saturated rings. The third-order valence-corrected chi connectivity index (χ3v) is 9.10. The van der Waals surface area contributed by atoms with Crippen molar-refractivity contribution in [3.63, 3.8) is 0 Å². The Kier molecular flexibility index (Phi) is 6.42. The van der Waals surface area contributed by atoms with Gasteiger partial charge in [0, 0.05) is 36.9 Å². The molecule has 1 aliphatic carbocycles. The van der Waals surface area contributed by atoms with E-state index < -0.39 is 10.0 Å². The number of aromatic nitrogens is 1. The molecule has 0 radical (unpaired) electrons. The first-order chi connectivity index (χ1) is 17.4. The highest BCUT2D eigenvalue weighted by Crippen LogP contribution is 2.39. The molecule has 0 aliphatic heterocycles. The van der Waals surface area contributed by atoms with Crippen LogP contribution >= 0.6 is 11.3 Å². The summed E-state index contributed by atoms with van der Waals surface area (Å²) >= 11 is 1.42. The van der Waals surface area contributed by atoms with Crippen LogP contribution in [0.4, 0.5) is 5.13 Å². The van der Waals surface area contributed by atoms with Gasteiger partial charge in [0.1, 0.15) is 0 Å². The Morgan fingerprint density at radius 3 is 2.42 bits per heavy atom. The average Bonchev–Trinajstić information content (AvgIpc) is 3.49. The van der Waals surface area contributed by atoms with Gasteiger partial charge in [-0.15, -0.1) is 0 Å². The lowest BCUT2D eigenvalue weighted by Crippen LogP contribution is -2.32. The molecule has 1 heterocycles. The predicted octanol–water partition coefficient (Wildman–Crippen LogP) is 4.62. The van der Waals surface area contributed by atoms with Crippen LogP contribution in [0.1, 0.15) is 34.3 Å². The number of carbonyl (C=O) groups excluding carboxylic acids is 1. The molecule has 10 heteroatoms. The summed E-state index contributed by atoms with van der Waals surface area (Å²) in [6, 6.07) is 17.9. The fourth-order valence-corrected chi connectivity index (χ4v) is 6.94. The summed E-state index contributed by atoms with van der Waals surface area (Å²) in [4.78, 5) is 17.6. The molecule has 0 unspecified atom stereocenters. The first-order valence-electron chi connectivity index (χ1n) is 11.4. The summed E-state index contributed by atoms with van der Waals surface area (Å²) in [5.74, 6) is -0.388. The number of aryl methyl sites for hydroxylation is 2. The summed E-state index contributed by atoms with van der Waals surface area (Å²) in [6.07, 6.45) is 2.08. The standard InChI is InChI=1S/C26H21N5O3S2/c27-12-2-14-31(15-3-13-28)36(33,34)20-10-8-18(9-11-20)25(32)30-26-29-24-21-5-1-4-17-6-7-19(23(17)21)16-22(24)35-26/h1,4-5,8-11,16H,2-3,6-7,14-15H2,(H,29,30,32). The van der Waals surface area contributed by atoms with Gasteiger partial charge in [0.2, 0.25) is 10.0 Å². The highest BCUT2D eigenvalue weighted by Gasteiger charge is 2.24. The molecule has 0 bridgehead atoms. The number of fused-ring (bicyclic) bond motifs is 2. The molecule has 0 saturated carbocycles. The predicted molar refractivity (Wildman–Crippen MR) is 138 cm³/mol. The second-order valence-electron chi connectivity index (χ2n) is 8.44. The van der Waals surface area contributed by atoms with Gasteiger partial charge in [0.25, 0.3) is 5.91 Å². The van der Waals surface area contributed by atoms with Crippen molar-refractivity contribution >= 4 is 53.4 Å². The van der Waals surface area contributed by atoms with E-state index in [2.05, 4.69) is 28.5 Å². The van der Waals surface area contributed by atoms with Crippen molar-refractivity contribution in [3.8, 4) is 12.1 Å². The monoisotopic (exact) mass is 515 g/mol. The van der Waals surface area contributed by atoms with Crippen molar-refractivity contribution in [2.75, 3.05) is 18.4 Å². The second-order valence-corrected chi connectivity index (χ2v) is 11.4. The molecule has 1 aromatic heterocycles. The van der Waals surface area contributed by atoms with Crippen LogP contribution in [0.15, 0.2) is 53.4 Å². The molecule has 36 heavy (non-hydrogen) atoms. The molecule has 3 aromatic carbocycles. The van der Waals surface area contributed by atoms with Gasteiger partial charge >= 0.3 is 0 Å². The minimum atomic E-state index is -3.90. The first kappa shape index (κ1) is 23.9. The maximum Gasteiger partial charge on any atom is 0.257 e. The number of nitrogens with zero attached hydrogens (tertiary/aromatic N) is 4. The van der Waals surface area contributed by atoms with Gasteiger partial charge < -0.3 is 0 Å². The van der Waals surface area contributed by atoms with Gasteiger partial charge in [-0.25, -0.2) is 13.4 Å². The number of thiazole rings is 1. The van der Waals surface area contributed by atoms with Gasteiger partial charge in [-0.2, -0.15) is 14.8 Å². The van der Waals surface area contributed by atoms with Crippen LogP contribution in [-0.4, -0.2) is 36.7 Å². The van der Waals surface area contributed by atoms with Crippen LogP contribution in [0.5, 0.6) is 0 Å². The zero-order chi connectivity index (χ0) is 25.3. The van der Waals surface area contributed by atoms with Gasteiger partial charge in [-0.05, 0) is 59.7 Å². The Morgan fingerprint density at radius 2 is 1.72 bits per heavy atom. The van der Waals surface area contributed by atoms with Crippen LogP contribution in [0.2, 0.25) is 0 Å². The van der Waals surface area contributed by atoms with E-state index in [9.17, 15) is 13.2 Å². The van der Waals surface area contributed by atoms with Gasteiger partial charge in [-0.1, -0.05) is 29.5 Å². The lowest BCUT2D eigenvalue weighted by atomic mass is 10.0. The van der Waals surface area contributed by atoms with E-state index in [1.54, 1.807) is 0 Å². The van der Waals surface area contributed by atoms with Crippen molar-refractivity contribution in [1.29, 1.82) is 10.5 Å². The molecule has 0 atom stereocenters. The van der Waals surface area contributed by atoms with Gasteiger partial charge in [-0.3, -0.25) is 10.1 Å². The third-order valence-electron chi connectivity index (χ3n) is 6.27. The maximum atomic E-state index is 13.0. The minimum Gasteiger partial charge on any atom is -0.298 e. The van der Waals surface area contributed by atoms with E-state index in [4.69, 9.17) is 10.5 Å². The molecule has 8 nitrogen and oxygen atoms in total. The number of nitriles is 2. The first-order valence-corrected chi connectivity index (χ1v) is 13.7. The lowest BCUT2D eigenvalue weighted by Gasteiger charge is -2.20. The smallest absolute Gasteiger partial charge is 0.257 e. The van der Waals surface area contributed by atoms with E-state index in [0.29, 0.717) is 10.7 Å². The second kappa shape index (κ2) is 9.67. The van der Waals surface area contributed by atoms with E-state index in [1.165, 1.54) is 52.1 Å². The van der Waals surface area contributed by atoms with E-state index in [-0.39, 0.29) is 36.7 Å². The molecule has 5 rings (SSSR count). The highest BCUT2D eigenvalue weighted by atomic mass is 32.2. The number of carbonyl (C=O) groups is 1. The van der Waals surface area contributed by atoms with E-state index in [1.807, 2.05) is 18.2 Å². The quantitative estimate of drug-likeness (QED) is 0.365. The molecular weight excluding hydrogens is 494 g/mol. The van der Waals surface area contributed by atoms with Crippen LogP contribution in [0.3, 0.4) is 0 Å². The SMILES string of the molecule is N#CCCN(CCC#N)S(=O)(=O)c1ccc(C(=O)Nc2nc3c(cc4c5c(cccc53)CC4)s2)cc1. The molecule has 1 amide bonds. The minimum absolute atomic E-state index is 0.000762. The molecule has 180 valence electrons. The van der Waals surface area contributed by atoms with Crippen LogP contribution in [0, 0.1) is 22.7 Å². The number of benzene rings is 3. The maximum absolute atomic E-state index is 13.0. The number of anilines is 1. The summed E-state index contributed by atoms with van der Waals surface area (Å²) in [7, 11) is -3.90. The molecule has 0 spiro atoms. The Morgan fingerprint density at radius 1 is 1.03 bits per heavy atom. The van der Waals surface area contributed by atoms with Crippen molar-refractivity contribution in [2.45, 2.75) is 30.6 Å². The zero-order valence-electron chi connectivity index (χ0n) is 19.2. The van der Waals surface area contributed by atoms with E-state index in [0.717, 1.165) is 32.7 Å². The van der Waals surface area contributed by atoms with Crippen LogP contribution < -0.4 is 5.32 Å². The number of sulfonamides is 1. The molecule has 1 N–H and O–H groups in total. The van der Waals surface area contributed by atoms with Crippen molar-refractivity contribution in [1.82, 2.24) is 9.29 Å². The normalized spacial score (nSPS) is 12.6. The Balaban J connectivity index is 1.37. The van der Waals surface area contributed by atoms with Crippen LogP contribution in [-0.2, 0) is 22.9 Å². The largest absolute Gasteiger partial charge is 0.298 e. The number of hydrogen-bond donors (Lipinski definition) is 1. The van der Waals surface area contributed by atoms with E-state index >= 15 is 0 Å². The molecule has 4 aromatic rings. The topological polar surface area (TPSA) is 127 Å². The summed E-state index contributed by atoms with van der Waals surface area (Å²) in [5.41, 5.74) is 3.80. The lowest BCUT2D eigenvalue weighted by molar-refractivity contribution is 0.102. The third kappa shape index (κ3) is 4.31.